The van der Waals surface area contributed by atoms with Crippen molar-refractivity contribution in [3.63, 3.8) is 0 Å². The van der Waals surface area contributed by atoms with E-state index in [4.69, 9.17) is 21.0 Å². The molecule has 0 fully saturated rings. The maximum absolute atomic E-state index is 11.8. The Balaban J connectivity index is 1.29. The number of rotatable bonds is 14. The van der Waals surface area contributed by atoms with Gasteiger partial charge < -0.3 is 15.6 Å². The number of nitrogen functional groups attached to an aromatic ring is 1. The summed E-state index contributed by atoms with van der Waals surface area (Å²) in [5.41, 5.74) is 7.72. The van der Waals surface area contributed by atoms with Crippen LogP contribution in [0.1, 0.15) is 0 Å². The van der Waals surface area contributed by atoms with E-state index < -0.39 is 20.8 Å². The number of nitrogens with two attached hydrogens (primary N) is 1. The Morgan fingerprint density at radius 1 is 0.667 bits per heavy atom. The van der Waals surface area contributed by atoms with Gasteiger partial charge in [-0.05, 0) is 66.0 Å². The molecule has 0 unspecified atom stereocenters. The third-order valence-corrected chi connectivity index (χ3v) is 9.54. The van der Waals surface area contributed by atoms with Crippen LogP contribution in [-0.2, 0) is 28.9 Å². The molecule has 21 heteroatoms. The fourth-order valence-electron chi connectivity index (χ4n) is 5.06. The minimum Gasteiger partial charge on any atom is -0.505 e. The molecule has 0 heterocycles. The molecule has 6 aromatic carbocycles. The number of phenols is 1. The molecule has 0 aromatic heterocycles. The summed E-state index contributed by atoms with van der Waals surface area (Å²) >= 11 is 1.25. The van der Waals surface area contributed by atoms with Crippen molar-refractivity contribution in [3.8, 4) is 11.5 Å². The number of anilines is 1. The van der Waals surface area contributed by atoms with Crippen molar-refractivity contribution < 1.29 is 52.1 Å². The summed E-state index contributed by atoms with van der Waals surface area (Å²) in [6.07, 6.45) is 0. The summed E-state index contributed by atoms with van der Waals surface area (Å²) in [5.74, 6) is -0.0589. The number of ether oxygens (including phenoxy) is 1. The van der Waals surface area contributed by atoms with E-state index in [1.54, 1.807) is 66.7 Å². The van der Waals surface area contributed by atoms with Crippen LogP contribution >= 0.6 is 24.1 Å². The molecule has 0 radical (unpaired) electrons. The molecular weight excluding hydrogens is 767 g/mol. The lowest BCUT2D eigenvalue weighted by atomic mass is 10.1. The molecule has 6 N–H and O–H groups in total. The van der Waals surface area contributed by atoms with Crippen LogP contribution in [0.15, 0.2) is 142 Å². The van der Waals surface area contributed by atoms with E-state index in [9.17, 15) is 18.1 Å². The number of phenolic OH excluding ortho intramolecular Hbond substituents is 1. The molecule has 0 aliphatic rings. The zero-order valence-corrected chi connectivity index (χ0v) is 29.8. The van der Waals surface area contributed by atoms with Gasteiger partial charge in [0, 0.05) is 27.1 Å². The van der Waals surface area contributed by atoms with Gasteiger partial charge >= 0.3 is 0 Å². The van der Waals surface area contributed by atoms with Gasteiger partial charge in [0.25, 0.3) is 10.1 Å². The predicted octanol–water partition coefficient (Wildman–Crippen LogP) is 10.6. The molecule has 0 amide bonds. The second-order valence-corrected chi connectivity index (χ2v) is 13.6. The monoisotopic (exact) mass is 791 g/mol. The highest BCUT2D eigenvalue weighted by molar-refractivity contribution is 7.95. The second kappa shape index (κ2) is 17.0. The van der Waals surface area contributed by atoms with E-state index in [1.165, 1.54) is 19.2 Å². The fraction of sp³-hybridized carbons (Fsp3) is 0.0303. The van der Waals surface area contributed by atoms with E-state index in [0.29, 0.717) is 61.9 Å². The molecule has 0 bridgehead atoms. The Labute approximate surface area is 313 Å². The molecule has 6 aromatic rings. The average molecular weight is 792 g/mol. The number of hydrogen-bond donors (Lipinski definition) is 5. The first kappa shape index (κ1) is 38.1. The van der Waals surface area contributed by atoms with Gasteiger partial charge in [-0.25, -0.2) is 10.5 Å². The van der Waals surface area contributed by atoms with E-state index in [0.717, 1.165) is 18.1 Å². The van der Waals surface area contributed by atoms with E-state index in [-0.39, 0.29) is 27.0 Å². The number of methoxy groups -OCH3 is 1. The van der Waals surface area contributed by atoms with Crippen LogP contribution < -0.4 is 10.5 Å². The molecule has 0 saturated carbocycles. The van der Waals surface area contributed by atoms with Crippen molar-refractivity contribution in [2.45, 2.75) is 14.7 Å². The number of benzene rings is 6. The normalized spacial score (nSPS) is 12.2. The first-order valence-corrected chi connectivity index (χ1v) is 17.9. The molecular formula is C33H25N7O11S3. The highest BCUT2D eigenvalue weighted by Gasteiger charge is 2.21. The van der Waals surface area contributed by atoms with Gasteiger partial charge in [-0.15, -0.1) is 29.1 Å². The third kappa shape index (κ3) is 8.78. The zero-order chi connectivity index (χ0) is 38.2. The Hall–Kier alpha value is -5.59. The Morgan fingerprint density at radius 3 is 1.96 bits per heavy atom. The summed E-state index contributed by atoms with van der Waals surface area (Å²) < 4.78 is 47.7. The largest absolute Gasteiger partial charge is 0.505 e. The second-order valence-electron chi connectivity index (χ2n) is 10.7. The molecule has 0 saturated heterocycles. The number of hydrogen-bond acceptors (Lipinski definition) is 19. The number of nitrogens with zero attached hydrogens (tertiary/aromatic N) is 6. The Kier molecular flexibility index (Phi) is 12.0. The summed E-state index contributed by atoms with van der Waals surface area (Å²) in [6, 6.07) is 26.0. The van der Waals surface area contributed by atoms with Gasteiger partial charge in [0.15, 0.2) is 5.75 Å². The maximum atomic E-state index is 11.8. The number of azo groups is 3. The predicted molar refractivity (Wildman–Crippen MR) is 197 cm³/mol. The molecule has 0 spiro atoms. The first-order valence-electron chi connectivity index (χ1n) is 15.0. The van der Waals surface area contributed by atoms with Crippen molar-refractivity contribution in [2.75, 3.05) is 12.8 Å². The van der Waals surface area contributed by atoms with Gasteiger partial charge in [0.2, 0.25) is 0 Å². The Morgan fingerprint density at radius 2 is 1.30 bits per heavy atom. The lowest BCUT2D eigenvalue weighted by molar-refractivity contribution is -0.432. The molecule has 6 rings (SSSR count). The minimum atomic E-state index is -4.68. The topological polar surface area (TPSA) is 261 Å². The lowest BCUT2D eigenvalue weighted by Gasteiger charge is -2.11. The van der Waals surface area contributed by atoms with Crippen molar-refractivity contribution in [1.29, 1.82) is 0 Å². The van der Waals surface area contributed by atoms with Crippen molar-refractivity contribution in [2.24, 2.45) is 30.7 Å². The maximum Gasteiger partial charge on any atom is 0.296 e. The standard InChI is InChI=1S/C33H25N7O11S3/c1-47-29-16-20(36-35-19-5-4-6-21(15-19)52-50-48-42)9-10-28(29)39-37-26-11-12-27(23-8-3-2-7-22(23)26)38-40-32-30(53-51-49-43)13-18-14-31(54(44,45)46)25(34)17-24(18)33(32)41/h2-17,41-43H,34H2,1H3,(H,44,45,46). The molecule has 0 atom stereocenters. The smallest absolute Gasteiger partial charge is 0.296 e. The summed E-state index contributed by atoms with van der Waals surface area (Å²) in [4.78, 5) is 0.122. The first-order chi connectivity index (χ1) is 26.1. The van der Waals surface area contributed by atoms with Crippen LogP contribution in [0.3, 0.4) is 0 Å². The van der Waals surface area contributed by atoms with E-state index >= 15 is 0 Å². The minimum absolute atomic E-state index is 0.0632. The number of fused-ring (bicyclic) bond motifs is 2. The Bertz CT molecular complexity index is 2560. The molecule has 276 valence electrons. The van der Waals surface area contributed by atoms with Crippen molar-refractivity contribution in [1.82, 2.24) is 0 Å². The highest BCUT2D eigenvalue weighted by Crippen LogP contribution is 2.46. The third-order valence-electron chi connectivity index (χ3n) is 7.44. The van der Waals surface area contributed by atoms with Crippen molar-refractivity contribution >= 4 is 95.6 Å². The van der Waals surface area contributed by atoms with Crippen LogP contribution in [0.4, 0.5) is 39.8 Å². The van der Waals surface area contributed by atoms with Gasteiger partial charge in [0.05, 0.1) is 64.5 Å². The van der Waals surface area contributed by atoms with Crippen LogP contribution in [0, 0.1) is 0 Å². The summed E-state index contributed by atoms with van der Waals surface area (Å²) in [7, 11) is -3.19. The van der Waals surface area contributed by atoms with Crippen LogP contribution in [0.5, 0.6) is 11.5 Å². The lowest BCUT2D eigenvalue weighted by Crippen LogP contribution is -2.03. The van der Waals surface area contributed by atoms with Gasteiger partial charge in [-0.2, -0.15) is 18.6 Å². The fourth-order valence-corrected chi connectivity index (χ4v) is 6.60. The van der Waals surface area contributed by atoms with E-state index in [2.05, 4.69) is 49.4 Å². The average Bonchev–Trinajstić information content (AvgIpc) is 3.17. The van der Waals surface area contributed by atoms with Crippen LogP contribution in [0.25, 0.3) is 21.5 Å². The molecule has 54 heavy (non-hydrogen) atoms. The summed E-state index contributed by atoms with van der Waals surface area (Å²) in [5, 5.41) is 63.1. The van der Waals surface area contributed by atoms with Crippen molar-refractivity contribution in [3.05, 3.63) is 97.1 Å². The molecule has 18 nitrogen and oxygen atoms in total. The van der Waals surface area contributed by atoms with Gasteiger partial charge in [-0.1, -0.05) is 40.4 Å². The van der Waals surface area contributed by atoms with Gasteiger partial charge in [-0.3, -0.25) is 4.55 Å². The van der Waals surface area contributed by atoms with E-state index in [1.807, 2.05) is 12.1 Å². The SMILES string of the molecule is COc1cc(N=Nc2cccc(SOOO)c2)ccc1N=Nc1ccc(N=Nc2c(SOOO)cc3cc(S(=O)(=O)O)c(N)cc3c2O)c2ccccc12. The van der Waals surface area contributed by atoms with Gasteiger partial charge in [0.1, 0.15) is 22.0 Å². The van der Waals surface area contributed by atoms with Crippen LogP contribution in [-0.4, -0.2) is 35.7 Å². The number of aromatic hydroxyl groups is 1. The molecule has 0 aliphatic heterocycles. The molecule has 0 aliphatic carbocycles. The zero-order valence-electron chi connectivity index (χ0n) is 27.4. The van der Waals surface area contributed by atoms with Crippen LogP contribution in [0.2, 0.25) is 0 Å². The highest BCUT2D eigenvalue weighted by atomic mass is 32.2. The summed E-state index contributed by atoms with van der Waals surface area (Å²) in [6.45, 7) is 0. The quantitative estimate of drug-likeness (QED) is 0.0172.